The Labute approximate surface area is 109 Å². The van der Waals surface area contributed by atoms with Crippen molar-refractivity contribution in [3.05, 3.63) is 29.8 Å². The maximum Gasteiger partial charge on any atom is 0.260 e. The Morgan fingerprint density at radius 3 is 2.56 bits per heavy atom. The molecule has 1 amide bonds. The van der Waals surface area contributed by atoms with Gasteiger partial charge in [0, 0.05) is 18.2 Å². The summed E-state index contributed by atoms with van der Waals surface area (Å²) >= 11 is 0. The van der Waals surface area contributed by atoms with Gasteiger partial charge < -0.3 is 15.4 Å². The Kier molecular flexibility index (Phi) is 5.65. The molecule has 0 bridgehead atoms. The van der Waals surface area contributed by atoms with Gasteiger partial charge in [-0.3, -0.25) is 4.79 Å². The molecule has 0 aromatic heterocycles. The molecule has 0 aliphatic rings. The van der Waals surface area contributed by atoms with Gasteiger partial charge in [0.2, 0.25) is 0 Å². The van der Waals surface area contributed by atoms with E-state index in [1.165, 1.54) is 0 Å². The quantitative estimate of drug-likeness (QED) is 0.808. The van der Waals surface area contributed by atoms with Crippen molar-refractivity contribution in [2.45, 2.75) is 39.5 Å². The Morgan fingerprint density at radius 2 is 1.94 bits per heavy atom. The summed E-state index contributed by atoms with van der Waals surface area (Å²) < 4.78 is 5.71. The minimum Gasteiger partial charge on any atom is -0.481 e. The first kappa shape index (κ1) is 14.5. The van der Waals surface area contributed by atoms with Crippen molar-refractivity contribution in [2.24, 2.45) is 0 Å². The molecule has 0 saturated heterocycles. The van der Waals surface area contributed by atoms with Crippen LogP contribution in [0.1, 0.15) is 26.3 Å². The van der Waals surface area contributed by atoms with Crippen LogP contribution in [0.4, 0.5) is 0 Å². The van der Waals surface area contributed by atoms with Crippen LogP contribution in [0, 0.1) is 0 Å². The van der Waals surface area contributed by atoms with Crippen molar-refractivity contribution in [3.8, 4) is 5.75 Å². The minimum absolute atomic E-state index is 0.0933. The summed E-state index contributed by atoms with van der Waals surface area (Å²) in [5.74, 6) is 0.655. The van der Waals surface area contributed by atoms with Crippen LogP contribution in [-0.4, -0.2) is 25.1 Å². The molecule has 0 saturated carbocycles. The fourth-order valence-corrected chi connectivity index (χ4v) is 1.60. The lowest BCUT2D eigenvalue weighted by atomic mass is 10.2. The summed E-state index contributed by atoms with van der Waals surface area (Å²) in [7, 11) is 1.88. The predicted molar refractivity (Wildman–Crippen MR) is 72.6 cm³/mol. The van der Waals surface area contributed by atoms with Gasteiger partial charge in [0.1, 0.15) is 5.75 Å². The van der Waals surface area contributed by atoms with Gasteiger partial charge >= 0.3 is 0 Å². The van der Waals surface area contributed by atoms with Crippen molar-refractivity contribution >= 4 is 5.91 Å². The molecule has 1 atom stereocenters. The first-order valence-corrected chi connectivity index (χ1v) is 6.24. The highest BCUT2D eigenvalue weighted by Crippen LogP contribution is 2.19. The SMILES string of the molecule is CNCc1ccccc1OC(C)C(=O)NC(C)C. The highest BCUT2D eigenvalue weighted by atomic mass is 16.5. The smallest absolute Gasteiger partial charge is 0.260 e. The molecule has 0 fully saturated rings. The average Bonchev–Trinajstić information content (AvgIpc) is 2.31. The predicted octanol–water partition coefficient (Wildman–Crippen LogP) is 1.70. The molecular weight excluding hydrogens is 228 g/mol. The van der Waals surface area contributed by atoms with E-state index < -0.39 is 6.10 Å². The number of benzene rings is 1. The molecule has 0 heterocycles. The van der Waals surface area contributed by atoms with Crippen LogP contribution in [0.3, 0.4) is 0 Å². The molecule has 100 valence electrons. The van der Waals surface area contributed by atoms with Crippen LogP contribution >= 0.6 is 0 Å². The number of amides is 1. The second-order valence-electron chi connectivity index (χ2n) is 4.56. The van der Waals surface area contributed by atoms with Gasteiger partial charge in [-0.15, -0.1) is 0 Å². The Bertz CT molecular complexity index is 391. The molecule has 18 heavy (non-hydrogen) atoms. The standard InChI is InChI=1S/C14H22N2O2/c1-10(2)16-14(17)11(3)18-13-8-6-5-7-12(13)9-15-4/h5-8,10-11,15H,9H2,1-4H3,(H,16,17). The molecule has 0 aliphatic heterocycles. The molecule has 1 aromatic carbocycles. The number of nitrogens with one attached hydrogen (secondary N) is 2. The lowest BCUT2D eigenvalue weighted by Gasteiger charge is -2.18. The van der Waals surface area contributed by atoms with Gasteiger partial charge in [0.05, 0.1) is 0 Å². The van der Waals surface area contributed by atoms with E-state index in [1.54, 1.807) is 6.92 Å². The number of carbonyl (C=O) groups excluding carboxylic acids is 1. The van der Waals surface area contributed by atoms with Gasteiger partial charge in [-0.1, -0.05) is 18.2 Å². The third-order valence-electron chi connectivity index (χ3n) is 2.44. The summed E-state index contributed by atoms with van der Waals surface area (Å²) in [6.45, 7) is 6.34. The summed E-state index contributed by atoms with van der Waals surface area (Å²) in [6, 6.07) is 7.85. The van der Waals surface area contributed by atoms with E-state index in [0.29, 0.717) is 6.54 Å². The number of rotatable bonds is 6. The van der Waals surface area contributed by atoms with Crippen LogP contribution in [0.15, 0.2) is 24.3 Å². The maximum atomic E-state index is 11.8. The van der Waals surface area contributed by atoms with Gasteiger partial charge in [0.25, 0.3) is 5.91 Å². The summed E-state index contributed by atoms with van der Waals surface area (Å²) in [4.78, 5) is 11.8. The highest BCUT2D eigenvalue weighted by Gasteiger charge is 2.16. The normalized spacial score (nSPS) is 12.3. The number of para-hydroxylation sites is 1. The topological polar surface area (TPSA) is 50.4 Å². The van der Waals surface area contributed by atoms with Crippen LogP contribution in [0.25, 0.3) is 0 Å². The molecule has 1 rings (SSSR count). The zero-order valence-corrected chi connectivity index (χ0v) is 11.5. The van der Waals surface area contributed by atoms with Gasteiger partial charge in [-0.2, -0.15) is 0 Å². The Morgan fingerprint density at radius 1 is 1.28 bits per heavy atom. The lowest BCUT2D eigenvalue weighted by Crippen LogP contribution is -2.40. The summed E-state index contributed by atoms with van der Waals surface area (Å²) in [5.41, 5.74) is 1.05. The maximum absolute atomic E-state index is 11.8. The zero-order valence-electron chi connectivity index (χ0n) is 11.5. The highest BCUT2D eigenvalue weighted by molar-refractivity contribution is 5.80. The average molecular weight is 250 g/mol. The summed E-state index contributed by atoms with van der Waals surface area (Å²) in [6.07, 6.45) is -0.495. The van der Waals surface area contributed by atoms with Crippen LogP contribution in [0.2, 0.25) is 0 Å². The van der Waals surface area contributed by atoms with Crippen molar-refractivity contribution in [3.63, 3.8) is 0 Å². The number of ether oxygens (including phenoxy) is 1. The van der Waals surface area contributed by atoms with E-state index in [4.69, 9.17) is 4.74 Å². The number of carbonyl (C=O) groups is 1. The molecular formula is C14H22N2O2. The Balaban J connectivity index is 2.69. The van der Waals surface area contributed by atoms with E-state index in [1.807, 2.05) is 45.2 Å². The van der Waals surface area contributed by atoms with Crippen molar-refractivity contribution < 1.29 is 9.53 Å². The first-order chi connectivity index (χ1) is 8.54. The molecule has 1 aromatic rings. The van der Waals surface area contributed by atoms with Crippen molar-refractivity contribution in [1.29, 1.82) is 0 Å². The fraction of sp³-hybridized carbons (Fsp3) is 0.500. The largest absolute Gasteiger partial charge is 0.481 e. The van der Waals surface area contributed by atoms with Gasteiger partial charge in [-0.05, 0) is 33.9 Å². The van der Waals surface area contributed by atoms with Crippen molar-refractivity contribution in [2.75, 3.05) is 7.05 Å². The summed E-state index contributed by atoms with van der Waals surface area (Å²) in [5, 5.41) is 5.91. The number of hydrogen-bond donors (Lipinski definition) is 2. The monoisotopic (exact) mass is 250 g/mol. The molecule has 1 unspecified atom stereocenters. The second-order valence-corrected chi connectivity index (χ2v) is 4.56. The van der Waals surface area contributed by atoms with E-state index in [-0.39, 0.29) is 11.9 Å². The zero-order chi connectivity index (χ0) is 13.5. The third kappa shape index (κ3) is 4.37. The van der Waals surface area contributed by atoms with Gasteiger partial charge in [0.15, 0.2) is 6.10 Å². The van der Waals surface area contributed by atoms with Gasteiger partial charge in [-0.25, -0.2) is 0 Å². The Hall–Kier alpha value is -1.55. The molecule has 0 spiro atoms. The van der Waals surface area contributed by atoms with E-state index >= 15 is 0 Å². The second kappa shape index (κ2) is 7.01. The lowest BCUT2D eigenvalue weighted by molar-refractivity contribution is -0.127. The molecule has 0 aliphatic carbocycles. The third-order valence-corrected chi connectivity index (χ3v) is 2.44. The van der Waals surface area contributed by atoms with Crippen LogP contribution in [0.5, 0.6) is 5.75 Å². The molecule has 4 nitrogen and oxygen atoms in total. The molecule has 4 heteroatoms. The minimum atomic E-state index is -0.495. The molecule has 0 radical (unpaired) electrons. The van der Waals surface area contributed by atoms with Crippen LogP contribution < -0.4 is 15.4 Å². The van der Waals surface area contributed by atoms with E-state index in [0.717, 1.165) is 11.3 Å². The molecule has 2 N–H and O–H groups in total. The van der Waals surface area contributed by atoms with E-state index in [9.17, 15) is 4.79 Å². The van der Waals surface area contributed by atoms with Crippen LogP contribution in [-0.2, 0) is 11.3 Å². The van der Waals surface area contributed by atoms with Crippen molar-refractivity contribution in [1.82, 2.24) is 10.6 Å². The first-order valence-electron chi connectivity index (χ1n) is 6.24. The fourth-order valence-electron chi connectivity index (χ4n) is 1.60. The van der Waals surface area contributed by atoms with E-state index in [2.05, 4.69) is 10.6 Å². The number of hydrogen-bond acceptors (Lipinski definition) is 3.